The summed E-state index contributed by atoms with van der Waals surface area (Å²) in [6.45, 7) is 6.99. The van der Waals surface area contributed by atoms with Crippen LogP contribution in [0.4, 0.5) is 10.1 Å². The van der Waals surface area contributed by atoms with Gasteiger partial charge in [-0.2, -0.15) is 0 Å². The highest BCUT2D eigenvalue weighted by molar-refractivity contribution is 7.99. The molecule has 0 spiro atoms. The summed E-state index contributed by atoms with van der Waals surface area (Å²) in [4.78, 5) is 25.5. The molecule has 9 heteroatoms. The van der Waals surface area contributed by atoms with Gasteiger partial charge in [0.25, 0.3) is 0 Å². The number of carbonyl (C=O) groups is 2. The molecular formula is C25H24FN5O2S. The van der Waals surface area contributed by atoms with E-state index >= 15 is 0 Å². The Kier molecular flexibility index (Phi) is 7.22. The molecule has 0 atom stereocenters. The quantitative estimate of drug-likeness (QED) is 0.203. The zero-order chi connectivity index (χ0) is 24.1. The van der Waals surface area contributed by atoms with Crippen LogP contribution < -0.4 is 5.32 Å². The molecule has 34 heavy (non-hydrogen) atoms. The molecule has 2 heterocycles. The van der Waals surface area contributed by atoms with Crippen molar-refractivity contribution < 1.29 is 14.0 Å². The fraction of sp³-hybridized carbons (Fsp3) is 0.200. The standard InChI is InChI=1S/C25H24FN5O2S/c1-3-13-31-23(14-24(33)27-18-11-9-17(26)10-12-18)28-29-25(31)34-16-22(32)20-15-30(4-2)21-8-6-5-7-19(20)21/h3,5-12,15H,1,4,13-14,16H2,2H3,(H,27,33). The molecule has 0 radical (unpaired) electrons. The number of anilines is 1. The van der Waals surface area contributed by atoms with E-state index in [1.165, 1.54) is 36.0 Å². The first kappa shape index (κ1) is 23.4. The molecule has 2 aromatic heterocycles. The number of aryl methyl sites for hydroxylation is 1. The van der Waals surface area contributed by atoms with Crippen LogP contribution in [0.2, 0.25) is 0 Å². The molecule has 4 rings (SSSR count). The Balaban J connectivity index is 1.46. The summed E-state index contributed by atoms with van der Waals surface area (Å²) in [5.41, 5.74) is 2.20. The smallest absolute Gasteiger partial charge is 0.232 e. The zero-order valence-corrected chi connectivity index (χ0v) is 19.5. The first-order chi connectivity index (χ1) is 16.5. The first-order valence-corrected chi connectivity index (χ1v) is 11.8. The monoisotopic (exact) mass is 477 g/mol. The Hall–Kier alpha value is -3.72. The van der Waals surface area contributed by atoms with Gasteiger partial charge in [-0.25, -0.2) is 4.39 Å². The SMILES string of the molecule is C=CCn1c(CC(=O)Nc2ccc(F)cc2)nnc1SCC(=O)c1cn(CC)c2ccccc12. The minimum absolute atomic E-state index is 0.00263. The Morgan fingerprint density at radius 2 is 1.91 bits per heavy atom. The van der Waals surface area contributed by atoms with E-state index in [1.54, 1.807) is 10.6 Å². The third kappa shape index (κ3) is 5.09. The largest absolute Gasteiger partial charge is 0.347 e. The number of hydrogen-bond donors (Lipinski definition) is 1. The van der Waals surface area contributed by atoms with E-state index in [1.807, 2.05) is 37.4 Å². The van der Waals surface area contributed by atoms with Crippen LogP contribution in [0, 0.1) is 5.82 Å². The first-order valence-electron chi connectivity index (χ1n) is 10.8. The van der Waals surface area contributed by atoms with Gasteiger partial charge in [0.2, 0.25) is 5.91 Å². The van der Waals surface area contributed by atoms with Gasteiger partial charge in [0.1, 0.15) is 11.6 Å². The molecule has 1 amide bonds. The molecule has 2 aromatic carbocycles. The number of hydrogen-bond acceptors (Lipinski definition) is 5. The Morgan fingerprint density at radius 3 is 2.65 bits per heavy atom. The molecule has 7 nitrogen and oxygen atoms in total. The third-order valence-electron chi connectivity index (χ3n) is 5.31. The van der Waals surface area contributed by atoms with Crippen LogP contribution in [0.1, 0.15) is 23.1 Å². The number of para-hydroxylation sites is 1. The van der Waals surface area contributed by atoms with Gasteiger partial charge in [-0.05, 0) is 37.3 Å². The summed E-state index contributed by atoms with van der Waals surface area (Å²) in [5.74, 6) is -0.0351. The van der Waals surface area contributed by atoms with Gasteiger partial charge in [0.05, 0.1) is 12.2 Å². The summed E-state index contributed by atoms with van der Waals surface area (Å²) in [6.07, 6.45) is 3.56. The molecule has 0 unspecified atom stereocenters. The van der Waals surface area contributed by atoms with Crippen molar-refractivity contribution in [3.8, 4) is 0 Å². The van der Waals surface area contributed by atoms with Crippen molar-refractivity contribution >= 4 is 40.0 Å². The van der Waals surface area contributed by atoms with Crippen LogP contribution >= 0.6 is 11.8 Å². The molecule has 4 aromatic rings. The average molecular weight is 478 g/mol. The van der Waals surface area contributed by atoms with Crippen molar-refractivity contribution in [3.05, 3.63) is 84.6 Å². The summed E-state index contributed by atoms with van der Waals surface area (Å²) in [7, 11) is 0. The van der Waals surface area contributed by atoms with Gasteiger partial charge < -0.3 is 14.5 Å². The number of ketones is 1. The number of aromatic nitrogens is 4. The summed E-state index contributed by atoms with van der Waals surface area (Å²) in [6, 6.07) is 13.4. The van der Waals surface area contributed by atoms with Gasteiger partial charge >= 0.3 is 0 Å². The van der Waals surface area contributed by atoms with Crippen LogP contribution in [0.5, 0.6) is 0 Å². The van der Waals surface area contributed by atoms with Gasteiger partial charge in [-0.15, -0.1) is 16.8 Å². The number of rotatable bonds is 10. The Labute approximate surface area is 200 Å². The Morgan fingerprint density at radius 1 is 1.15 bits per heavy atom. The molecule has 174 valence electrons. The van der Waals surface area contributed by atoms with E-state index in [0.29, 0.717) is 28.8 Å². The van der Waals surface area contributed by atoms with E-state index in [4.69, 9.17) is 0 Å². The predicted octanol–water partition coefficient (Wildman–Crippen LogP) is 4.73. The minimum atomic E-state index is -0.376. The van der Waals surface area contributed by atoms with Crippen molar-refractivity contribution in [2.75, 3.05) is 11.1 Å². The maximum absolute atomic E-state index is 13.1. The Bertz CT molecular complexity index is 1340. The molecule has 0 aliphatic heterocycles. The number of nitrogens with zero attached hydrogens (tertiary/aromatic N) is 4. The second kappa shape index (κ2) is 10.5. The number of benzene rings is 2. The maximum Gasteiger partial charge on any atom is 0.232 e. The second-order valence-corrected chi connectivity index (χ2v) is 8.53. The number of thioether (sulfide) groups is 1. The van der Waals surface area contributed by atoms with Gasteiger partial charge in [0.15, 0.2) is 10.9 Å². The van der Waals surface area contributed by atoms with Crippen LogP contribution in [-0.4, -0.2) is 36.8 Å². The van der Waals surface area contributed by atoms with E-state index in [0.717, 1.165) is 17.4 Å². The highest BCUT2D eigenvalue weighted by Crippen LogP contribution is 2.25. The van der Waals surface area contributed by atoms with Crippen molar-refractivity contribution in [1.29, 1.82) is 0 Å². The van der Waals surface area contributed by atoms with Crippen molar-refractivity contribution in [2.45, 2.75) is 31.6 Å². The van der Waals surface area contributed by atoms with Crippen LogP contribution in [0.3, 0.4) is 0 Å². The topological polar surface area (TPSA) is 81.8 Å². The number of halogens is 1. The minimum Gasteiger partial charge on any atom is -0.347 e. The van der Waals surface area contributed by atoms with Crippen molar-refractivity contribution in [2.24, 2.45) is 0 Å². The van der Waals surface area contributed by atoms with E-state index in [9.17, 15) is 14.0 Å². The fourth-order valence-electron chi connectivity index (χ4n) is 3.69. The molecular weight excluding hydrogens is 453 g/mol. The predicted molar refractivity (Wildman–Crippen MR) is 132 cm³/mol. The molecule has 1 N–H and O–H groups in total. The number of carbonyl (C=O) groups excluding carboxylic acids is 2. The average Bonchev–Trinajstić information content (AvgIpc) is 3.40. The number of allylic oxidation sites excluding steroid dienone is 1. The molecule has 0 saturated carbocycles. The summed E-state index contributed by atoms with van der Waals surface area (Å²) in [5, 5.41) is 12.5. The highest BCUT2D eigenvalue weighted by Gasteiger charge is 2.19. The molecule has 0 aliphatic carbocycles. The van der Waals surface area contributed by atoms with Gasteiger partial charge in [0, 0.05) is 41.4 Å². The number of nitrogens with one attached hydrogen (secondary N) is 1. The lowest BCUT2D eigenvalue weighted by molar-refractivity contribution is -0.115. The lowest BCUT2D eigenvalue weighted by atomic mass is 10.1. The highest BCUT2D eigenvalue weighted by atomic mass is 32.2. The second-order valence-electron chi connectivity index (χ2n) is 7.59. The van der Waals surface area contributed by atoms with Crippen LogP contribution in [0.15, 0.2) is 72.5 Å². The van der Waals surface area contributed by atoms with E-state index in [2.05, 4.69) is 26.7 Å². The summed E-state index contributed by atoms with van der Waals surface area (Å²) >= 11 is 1.28. The molecule has 0 bridgehead atoms. The molecule has 0 fully saturated rings. The molecule has 0 saturated heterocycles. The van der Waals surface area contributed by atoms with Gasteiger partial charge in [-0.1, -0.05) is 36.0 Å². The third-order valence-corrected chi connectivity index (χ3v) is 6.28. The van der Waals surface area contributed by atoms with Crippen molar-refractivity contribution in [1.82, 2.24) is 19.3 Å². The van der Waals surface area contributed by atoms with Gasteiger partial charge in [-0.3, -0.25) is 9.59 Å². The molecule has 0 aliphatic rings. The zero-order valence-electron chi connectivity index (χ0n) is 18.7. The number of Topliss-reactive ketones (excluding diaryl/α,β-unsaturated/α-hetero) is 1. The number of amides is 1. The van der Waals surface area contributed by atoms with Crippen molar-refractivity contribution in [3.63, 3.8) is 0 Å². The number of fused-ring (bicyclic) bond motifs is 1. The van der Waals surface area contributed by atoms with E-state index in [-0.39, 0.29) is 29.7 Å². The maximum atomic E-state index is 13.1. The van der Waals surface area contributed by atoms with Crippen LogP contribution in [0.25, 0.3) is 10.9 Å². The lowest BCUT2D eigenvalue weighted by Gasteiger charge is -2.08. The normalized spacial score (nSPS) is 11.0. The van der Waals surface area contributed by atoms with E-state index < -0.39 is 0 Å². The van der Waals surface area contributed by atoms with Crippen LogP contribution in [-0.2, 0) is 24.3 Å². The fourth-order valence-corrected chi connectivity index (χ4v) is 4.54. The summed E-state index contributed by atoms with van der Waals surface area (Å²) < 4.78 is 16.9. The lowest BCUT2D eigenvalue weighted by Crippen LogP contribution is -2.18.